The zero-order valence-electron chi connectivity index (χ0n) is 17.1. The fraction of sp³-hybridized carbons (Fsp3) is 0.348. The Balaban J connectivity index is 1.36. The highest BCUT2D eigenvalue weighted by Gasteiger charge is 2.47. The van der Waals surface area contributed by atoms with Gasteiger partial charge in [0.15, 0.2) is 17.3 Å². The van der Waals surface area contributed by atoms with E-state index in [1.54, 1.807) is 10.6 Å². The van der Waals surface area contributed by atoms with E-state index in [1.807, 2.05) is 25.4 Å². The second kappa shape index (κ2) is 6.22. The lowest BCUT2D eigenvalue weighted by Crippen LogP contribution is -2.57. The second-order valence-electron chi connectivity index (χ2n) is 8.83. The van der Waals surface area contributed by atoms with E-state index in [9.17, 15) is 4.39 Å². The summed E-state index contributed by atoms with van der Waals surface area (Å²) >= 11 is 0. The summed E-state index contributed by atoms with van der Waals surface area (Å²) in [6, 6.07) is 8.27. The summed E-state index contributed by atoms with van der Waals surface area (Å²) in [5.41, 5.74) is 4.10. The third-order valence-corrected chi connectivity index (χ3v) is 6.21. The first kappa shape index (κ1) is 17.8. The number of aromatic nitrogens is 4. The van der Waals surface area contributed by atoms with Gasteiger partial charge in [0.25, 0.3) is 0 Å². The second-order valence-corrected chi connectivity index (χ2v) is 8.83. The van der Waals surface area contributed by atoms with Crippen LogP contribution in [0.5, 0.6) is 0 Å². The summed E-state index contributed by atoms with van der Waals surface area (Å²) in [5, 5.41) is 4.74. The van der Waals surface area contributed by atoms with Gasteiger partial charge in [-0.25, -0.2) is 19.3 Å². The highest BCUT2D eigenvalue weighted by Crippen LogP contribution is 2.40. The highest BCUT2D eigenvalue weighted by atomic mass is 19.1. The molecule has 1 N–H and O–H groups in total. The van der Waals surface area contributed by atoms with Crippen molar-refractivity contribution in [3.05, 3.63) is 54.4 Å². The van der Waals surface area contributed by atoms with E-state index >= 15 is 0 Å². The number of hydrogen-bond acceptors (Lipinski definition) is 5. The molecule has 1 saturated carbocycles. The largest absolute Gasteiger partial charge is 0.368 e. The molecule has 1 aromatic carbocycles. The normalized spacial score (nSPS) is 20.4. The fourth-order valence-electron chi connectivity index (χ4n) is 4.68. The maximum atomic E-state index is 14.5. The molecule has 4 heterocycles. The van der Waals surface area contributed by atoms with E-state index in [0.29, 0.717) is 28.6 Å². The van der Waals surface area contributed by atoms with E-state index in [4.69, 9.17) is 4.98 Å². The van der Waals surface area contributed by atoms with Crippen molar-refractivity contribution in [2.24, 2.45) is 0 Å². The van der Waals surface area contributed by atoms with Crippen molar-refractivity contribution in [1.82, 2.24) is 24.7 Å². The molecule has 6 nitrogen and oxygen atoms in total. The number of piperazine rings is 1. The highest BCUT2D eigenvalue weighted by molar-refractivity contribution is 5.83. The topological polar surface area (TPSA) is 58.4 Å². The van der Waals surface area contributed by atoms with Crippen LogP contribution in [0.15, 0.2) is 42.9 Å². The summed E-state index contributed by atoms with van der Waals surface area (Å²) in [4.78, 5) is 15.9. The number of rotatable bonds is 2. The van der Waals surface area contributed by atoms with Crippen LogP contribution >= 0.6 is 0 Å². The van der Waals surface area contributed by atoms with Crippen molar-refractivity contribution in [1.29, 1.82) is 0 Å². The molecule has 2 aliphatic rings. The SMILES string of the molecule is Cc1cn2cc(-c3ncc4cc(N5CC(C)NC6(CC6)C5)ccc4n3)cc(F)c2n1. The van der Waals surface area contributed by atoms with Gasteiger partial charge in [-0.2, -0.15) is 0 Å². The predicted octanol–water partition coefficient (Wildman–Crippen LogP) is 3.72. The number of nitrogens with zero attached hydrogens (tertiary/aromatic N) is 5. The summed E-state index contributed by atoms with van der Waals surface area (Å²) < 4.78 is 16.2. The van der Waals surface area contributed by atoms with Gasteiger partial charge < -0.3 is 14.6 Å². The molecule has 1 spiro atoms. The monoisotopic (exact) mass is 402 g/mol. The van der Waals surface area contributed by atoms with Crippen molar-refractivity contribution in [2.75, 3.05) is 18.0 Å². The van der Waals surface area contributed by atoms with Crippen LogP contribution in [0.25, 0.3) is 27.9 Å². The van der Waals surface area contributed by atoms with Crippen molar-refractivity contribution in [3.63, 3.8) is 0 Å². The van der Waals surface area contributed by atoms with Crippen molar-refractivity contribution >= 4 is 22.2 Å². The standard InChI is InChI=1S/C23H23FN6/c1-14-10-29-12-17(8-19(24)22(29)26-14)21-25-9-16-7-18(3-4-20(16)27-21)30-11-15(2)28-23(13-30)5-6-23/h3-4,7-10,12,15,28H,5-6,11,13H2,1-2H3. The Morgan fingerprint density at radius 3 is 2.87 bits per heavy atom. The predicted molar refractivity (Wildman–Crippen MR) is 115 cm³/mol. The Hall–Kier alpha value is -3.06. The van der Waals surface area contributed by atoms with Crippen LogP contribution in [0, 0.1) is 12.7 Å². The van der Waals surface area contributed by atoms with E-state index in [1.165, 1.54) is 24.6 Å². The number of imidazole rings is 1. The van der Waals surface area contributed by atoms with Gasteiger partial charge in [-0.15, -0.1) is 0 Å². The lowest BCUT2D eigenvalue weighted by molar-refractivity contribution is 0.372. The molecular weight excluding hydrogens is 379 g/mol. The number of hydrogen-bond donors (Lipinski definition) is 1. The van der Waals surface area contributed by atoms with Gasteiger partial charge in [0.1, 0.15) is 0 Å². The van der Waals surface area contributed by atoms with Gasteiger partial charge in [-0.1, -0.05) is 0 Å². The minimum absolute atomic E-state index is 0.307. The quantitative estimate of drug-likeness (QED) is 0.554. The summed E-state index contributed by atoms with van der Waals surface area (Å²) in [5.74, 6) is 0.136. The molecule has 3 aromatic heterocycles. The van der Waals surface area contributed by atoms with Gasteiger partial charge in [-0.05, 0) is 51.0 Å². The number of pyridine rings is 1. The van der Waals surface area contributed by atoms with E-state index < -0.39 is 0 Å². The van der Waals surface area contributed by atoms with Gasteiger partial charge in [0.2, 0.25) is 0 Å². The number of benzene rings is 1. The number of halogens is 1. The van der Waals surface area contributed by atoms with Crippen LogP contribution in [0.3, 0.4) is 0 Å². The molecule has 30 heavy (non-hydrogen) atoms. The molecule has 1 unspecified atom stereocenters. The number of aryl methyl sites for hydroxylation is 1. The molecule has 0 amide bonds. The Morgan fingerprint density at radius 2 is 2.03 bits per heavy atom. The third kappa shape index (κ3) is 2.92. The van der Waals surface area contributed by atoms with Crippen LogP contribution < -0.4 is 10.2 Å². The Morgan fingerprint density at radius 1 is 1.17 bits per heavy atom. The maximum Gasteiger partial charge on any atom is 0.173 e. The Kier molecular flexibility index (Phi) is 3.68. The first-order valence-corrected chi connectivity index (χ1v) is 10.4. The number of fused-ring (bicyclic) bond motifs is 2. The van der Waals surface area contributed by atoms with Gasteiger partial charge >= 0.3 is 0 Å². The first-order chi connectivity index (χ1) is 14.5. The molecular formula is C23H23FN6. The van der Waals surface area contributed by atoms with E-state index in [2.05, 4.69) is 39.2 Å². The zero-order valence-corrected chi connectivity index (χ0v) is 17.1. The summed E-state index contributed by atoms with van der Waals surface area (Å²) in [7, 11) is 0. The molecule has 1 aliphatic heterocycles. The van der Waals surface area contributed by atoms with Crippen LogP contribution in [0.1, 0.15) is 25.5 Å². The first-order valence-electron chi connectivity index (χ1n) is 10.4. The van der Waals surface area contributed by atoms with Gasteiger partial charge in [0, 0.05) is 59.9 Å². The van der Waals surface area contributed by atoms with E-state index in [-0.39, 0.29) is 5.82 Å². The molecule has 7 heteroatoms. The molecule has 1 aliphatic carbocycles. The Bertz CT molecular complexity index is 1290. The van der Waals surface area contributed by atoms with Crippen LogP contribution in [0.2, 0.25) is 0 Å². The lowest BCUT2D eigenvalue weighted by Gasteiger charge is -2.39. The smallest absolute Gasteiger partial charge is 0.173 e. The zero-order chi connectivity index (χ0) is 20.5. The number of nitrogens with one attached hydrogen (secondary N) is 1. The van der Waals surface area contributed by atoms with Crippen LogP contribution in [0.4, 0.5) is 10.1 Å². The maximum absolute atomic E-state index is 14.5. The molecule has 1 atom stereocenters. The van der Waals surface area contributed by atoms with Crippen molar-refractivity contribution in [2.45, 2.75) is 38.3 Å². The average molecular weight is 402 g/mol. The third-order valence-electron chi connectivity index (χ3n) is 6.21. The summed E-state index contributed by atoms with van der Waals surface area (Å²) in [6.07, 6.45) is 7.97. The number of anilines is 1. The van der Waals surface area contributed by atoms with E-state index in [0.717, 1.165) is 29.7 Å². The molecule has 0 bridgehead atoms. The molecule has 152 valence electrons. The summed E-state index contributed by atoms with van der Waals surface area (Å²) in [6.45, 7) is 6.14. The van der Waals surface area contributed by atoms with Gasteiger partial charge in [0.05, 0.1) is 11.2 Å². The average Bonchev–Trinajstić information content (AvgIpc) is 3.33. The van der Waals surface area contributed by atoms with Gasteiger partial charge in [-0.3, -0.25) is 0 Å². The van der Waals surface area contributed by atoms with Crippen LogP contribution in [-0.4, -0.2) is 44.0 Å². The van der Waals surface area contributed by atoms with Crippen LogP contribution in [-0.2, 0) is 0 Å². The lowest BCUT2D eigenvalue weighted by atomic mass is 10.1. The molecule has 0 radical (unpaired) electrons. The fourth-order valence-corrected chi connectivity index (χ4v) is 4.68. The Labute approximate surface area is 173 Å². The molecule has 6 rings (SSSR count). The minimum Gasteiger partial charge on any atom is -0.368 e. The minimum atomic E-state index is -0.374. The molecule has 2 fully saturated rings. The van der Waals surface area contributed by atoms with Crippen molar-refractivity contribution < 1.29 is 4.39 Å². The van der Waals surface area contributed by atoms with Crippen molar-refractivity contribution in [3.8, 4) is 11.4 Å². The molecule has 1 saturated heterocycles. The molecule has 4 aromatic rings.